The van der Waals surface area contributed by atoms with E-state index in [0.717, 1.165) is 11.8 Å². The van der Waals surface area contributed by atoms with E-state index in [-0.39, 0.29) is 0 Å². The quantitative estimate of drug-likeness (QED) is 0.640. The predicted molar refractivity (Wildman–Crippen MR) is 55.7 cm³/mol. The summed E-state index contributed by atoms with van der Waals surface area (Å²) < 4.78 is 0. The molecule has 0 amide bonds. The van der Waals surface area contributed by atoms with Crippen LogP contribution in [0.2, 0.25) is 0 Å². The summed E-state index contributed by atoms with van der Waals surface area (Å²) in [5, 5.41) is 3.47. The maximum absolute atomic E-state index is 3.47. The van der Waals surface area contributed by atoms with Crippen molar-refractivity contribution in [3.05, 3.63) is 12.2 Å². The van der Waals surface area contributed by atoms with Gasteiger partial charge in [0.2, 0.25) is 0 Å². The van der Waals surface area contributed by atoms with Gasteiger partial charge in [-0.2, -0.15) is 0 Å². The molecule has 2 nitrogen and oxygen atoms in total. The molecule has 2 heterocycles. The number of rotatable bonds is 2. The Labute approximate surface area is 81.0 Å². The lowest BCUT2D eigenvalue weighted by Gasteiger charge is -2.27. The average Bonchev–Trinajstić information content (AvgIpc) is 2.54. The van der Waals surface area contributed by atoms with Crippen molar-refractivity contribution >= 4 is 0 Å². The summed E-state index contributed by atoms with van der Waals surface area (Å²) in [6.45, 7) is 8.53. The lowest BCUT2D eigenvalue weighted by molar-refractivity contribution is 0.235. The van der Waals surface area contributed by atoms with E-state index in [1.165, 1.54) is 39.1 Å². The van der Waals surface area contributed by atoms with E-state index >= 15 is 0 Å². The zero-order chi connectivity index (χ0) is 9.10. The van der Waals surface area contributed by atoms with Gasteiger partial charge >= 0.3 is 0 Å². The van der Waals surface area contributed by atoms with E-state index in [1.807, 2.05) is 0 Å². The van der Waals surface area contributed by atoms with Gasteiger partial charge in [0.1, 0.15) is 0 Å². The first-order valence-corrected chi connectivity index (χ1v) is 5.44. The van der Waals surface area contributed by atoms with Crippen LogP contribution in [0.3, 0.4) is 0 Å². The van der Waals surface area contributed by atoms with Crippen molar-refractivity contribution in [1.29, 1.82) is 0 Å². The first kappa shape index (κ1) is 9.22. The highest BCUT2D eigenvalue weighted by Gasteiger charge is 2.24. The molecule has 0 aromatic rings. The Morgan fingerprint density at radius 2 is 2.31 bits per heavy atom. The molecule has 2 atom stereocenters. The van der Waals surface area contributed by atoms with E-state index < -0.39 is 0 Å². The van der Waals surface area contributed by atoms with Crippen LogP contribution in [0.25, 0.3) is 0 Å². The zero-order valence-electron chi connectivity index (χ0n) is 8.50. The third-order valence-electron chi connectivity index (χ3n) is 3.31. The van der Waals surface area contributed by atoms with Crippen LogP contribution in [0.4, 0.5) is 0 Å². The molecule has 0 aliphatic carbocycles. The highest BCUT2D eigenvalue weighted by Crippen LogP contribution is 2.17. The largest absolute Gasteiger partial charge is 0.316 e. The van der Waals surface area contributed by atoms with Gasteiger partial charge in [0.15, 0.2) is 0 Å². The van der Waals surface area contributed by atoms with E-state index in [9.17, 15) is 0 Å². The molecule has 1 N–H and O–H groups in total. The normalized spacial score (nSPS) is 35.5. The Bertz CT molecular complexity index is 189. The molecule has 0 radical (unpaired) electrons. The van der Waals surface area contributed by atoms with Gasteiger partial charge in [0.05, 0.1) is 0 Å². The van der Waals surface area contributed by atoms with Gasteiger partial charge in [0.25, 0.3) is 0 Å². The topological polar surface area (TPSA) is 15.3 Å². The second-order valence-corrected chi connectivity index (χ2v) is 4.42. The molecule has 0 saturated carbocycles. The first-order chi connectivity index (χ1) is 6.36. The summed E-state index contributed by atoms with van der Waals surface area (Å²) >= 11 is 0. The molecule has 0 unspecified atom stereocenters. The molecule has 0 aromatic heterocycles. The van der Waals surface area contributed by atoms with Gasteiger partial charge in [-0.1, -0.05) is 19.1 Å². The molecule has 1 saturated heterocycles. The second kappa shape index (κ2) is 4.25. The Kier molecular flexibility index (Phi) is 3.01. The monoisotopic (exact) mass is 180 g/mol. The van der Waals surface area contributed by atoms with Gasteiger partial charge in [-0.15, -0.1) is 0 Å². The fourth-order valence-electron chi connectivity index (χ4n) is 2.30. The minimum atomic E-state index is 0.867. The van der Waals surface area contributed by atoms with Crippen molar-refractivity contribution in [2.24, 2.45) is 11.8 Å². The molecule has 0 bridgehead atoms. The van der Waals surface area contributed by atoms with Gasteiger partial charge in [0, 0.05) is 19.6 Å². The number of nitrogens with zero attached hydrogens (tertiary/aromatic N) is 1. The fourth-order valence-corrected chi connectivity index (χ4v) is 2.30. The van der Waals surface area contributed by atoms with Crippen LogP contribution in [-0.2, 0) is 0 Å². The molecule has 1 fully saturated rings. The SMILES string of the molecule is C[C@@H]1CNC[C@H]1CN1CC=CCC1. The highest BCUT2D eigenvalue weighted by molar-refractivity contribution is 4.92. The van der Waals surface area contributed by atoms with Crippen molar-refractivity contribution in [2.45, 2.75) is 13.3 Å². The molecule has 0 aromatic carbocycles. The van der Waals surface area contributed by atoms with Gasteiger partial charge in [-0.3, -0.25) is 4.90 Å². The molecule has 2 aliphatic heterocycles. The third-order valence-corrected chi connectivity index (χ3v) is 3.31. The molecular weight excluding hydrogens is 160 g/mol. The van der Waals surface area contributed by atoms with Gasteiger partial charge in [-0.05, 0) is 31.3 Å². The van der Waals surface area contributed by atoms with Crippen LogP contribution >= 0.6 is 0 Å². The van der Waals surface area contributed by atoms with Crippen LogP contribution in [-0.4, -0.2) is 37.6 Å². The Balaban J connectivity index is 1.79. The van der Waals surface area contributed by atoms with Crippen molar-refractivity contribution < 1.29 is 0 Å². The van der Waals surface area contributed by atoms with Crippen LogP contribution < -0.4 is 5.32 Å². The predicted octanol–water partition coefficient (Wildman–Crippen LogP) is 1.10. The number of hydrogen-bond acceptors (Lipinski definition) is 2. The van der Waals surface area contributed by atoms with E-state index in [2.05, 4.69) is 29.3 Å². The summed E-state index contributed by atoms with van der Waals surface area (Å²) in [5.74, 6) is 1.75. The van der Waals surface area contributed by atoms with Crippen LogP contribution in [0.15, 0.2) is 12.2 Å². The van der Waals surface area contributed by atoms with Crippen LogP contribution in [0.5, 0.6) is 0 Å². The lowest BCUT2D eigenvalue weighted by atomic mass is 9.97. The molecule has 0 spiro atoms. The molecule has 2 aliphatic rings. The molecule has 13 heavy (non-hydrogen) atoms. The Morgan fingerprint density at radius 3 is 2.92 bits per heavy atom. The lowest BCUT2D eigenvalue weighted by Crippen LogP contribution is -2.34. The van der Waals surface area contributed by atoms with E-state index in [1.54, 1.807) is 0 Å². The van der Waals surface area contributed by atoms with Crippen LogP contribution in [0, 0.1) is 11.8 Å². The third kappa shape index (κ3) is 2.32. The Hall–Kier alpha value is -0.340. The summed E-state index contributed by atoms with van der Waals surface area (Å²) in [6.07, 6.45) is 5.85. The van der Waals surface area contributed by atoms with Crippen molar-refractivity contribution in [1.82, 2.24) is 10.2 Å². The molecular formula is C11H20N2. The molecule has 2 rings (SSSR count). The smallest absolute Gasteiger partial charge is 0.0163 e. The minimum Gasteiger partial charge on any atom is -0.316 e. The summed E-state index contributed by atoms with van der Waals surface area (Å²) in [6, 6.07) is 0. The molecule has 74 valence electrons. The summed E-state index contributed by atoms with van der Waals surface area (Å²) in [7, 11) is 0. The van der Waals surface area contributed by atoms with Crippen molar-refractivity contribution in [3.8, 4) is 0 Å². The highest BCUT2D eigenvalue weighted by atomic mass is 15.1. The number of hydrogen-bond donors (Lipinski definition) is 1. The van der Waals surface area contributed by atoms with Gasteiger partial charge in [-0.25, -0.2) is 0 Å². The van der Waals surface area contributed by atoms with E-state index in [0.29, 0.717) is 0 Å². The maximum atomic E-state index is 3.47. The van der Waals surface area contributed by atoms with E-state index in [4.69, 9.17) is 0 Å². The first-order valence-electron chi connectivity index (χ1n) is 5.44. The second-order valence-electron chi connectivity index (χ2n) is 4.42. The summed E-state index contributed by atoms with van der Waals surface area (Å²) in [4.78, 5) is 2.58. The number of nitrogens with one attached hydrogen (secondary N) is 1. The van der Waals surface area contributed by atoms with Crippen molar-refractivity contribution in [2.75, 3.05) is 32.7 Å². The zero-order valence-corrected chi connectivity index (χ0v) is 8.50. The standard InChI is InChI=1S/C11H20N2/c1-10-7-12-8-11(10)9-13-5-3-2-4-6-13/h2-3,10-12H,4-9H2,1H3/t10-,11+/m1/s1. The van der Waals surface area contributed by atoms with Gasteiger partial charge < -0.3 is 5.32 Å². The summed E-state index contributed by atoms with van der Waals surface area (Å²) in [5.41, 5.74) is 0. The average molecular weight is 180 g/mol. The fraction of sp³-hybridized carbons (Fsp3) is 0.818. The Morgan fingerprint density at radius 1 is 1.38 bits per heavy atom. The molecule has 2 heteroatoms. The van der Waals surface area contributed by atoms with Crippen molar-refractivity contribution in [3.63, 3.8) is 0 Å². The maximum Gasteiger partial charge on any atom is 0.0163 e. The minimum absolute atomic E-state index is 0.867. The van der Waals surface area contributed by atoms with Crippen LogP contribution in [0.1, 0.15) is 13.3 Å².